The summed E-state index contributed by atoms with van der Waals surface area (Å²) in [6.07, 6.45) is 0.725. The van der Waals surface area contributed by atoms with Crippen molar-refractivity contribution in [1.29, 1.82) is 0 Å². The number of rotatable bonds is 4. The molecule has 0 fully saturated rings. The van der Waals surface area contributed by atoms with E-state index in [0.29, 0.717) is 6.42 Å². The molecule has 3 aromatic rings. The Morgan fingerprint density at radius 1 is 0.960 bits per heavy atom. The van der Waals surface area contributed by atoms with E-state index in [1.165, 1.54) is 18.7 Å². The maximum atomic E-state index is 12.1. The van der Waals surface area contributed by atoms with Gasteiger partial charge in [-0.1, -0.05) is 42.5 Å². The summed E-state index contributed by atoms with van der Waals surface area (Å²) in [5.41, 5.74) is -0.844. The van der Waals surface area contributed by atoms with Gasteiger partial charge in [-0.3, -0.25) is 24.0 Å². The van der Waals surface area contributed by atoms with Crippen molar-refractivity contribution in [2.75, 3.05) is 0 Å². The Labute approximate surface area is 142 Å². The van der Waals surface area contributed by atoms with E-state index in [2.05, 4.69) is 0 Å². The highest BCUT2D eigenvalue weighted by molar-refractivity contribution is 5.82. The van der Waals surface area contributed by atoms with Gasteiger partial charge in [-0.25, -0.2) is 4.79 Å². The van der Waals surface area contributed by atoms with Crippen molar-refractivity contribution in [2.24, 2.45) is 14.1 Å². The fourth-order valence-electron chi connectivity index (χ4n) is 3.00. The zero-order chi connectivity index (χ0) is 18.1. The number of hydrogen-bond donors (Lipinski definition) is 0. The molecule has 0 unspecified atom stereocenters. The number of hydrogen-bond acceptors (Lipinski definition) is 4. The second kappa shape index (κ2) is 6.35. The first-order valence-electron chi connectivity index (χ1n) is 7.81. The lowest BCUT2D eigenvalue weighted by Crippen LogP contribution is -2.40. The van der Waals surface area contributed by atoms with E-state index >= 15 is 0 Å². The number of fused-ring (bicyclic) bond motifs is 1. The molecule has 3 rings (SSSR count). The highest BCUT2D eigenvalue weighted by Gasteiger charge is 2.24. The molecule has 7 nitrogen and oxygen atoms in total. The van der Waals surface area contributed by atoms with Crippen LogP contribution in [0.5, 0.6) is 0 Å². The van der Waals surface area contributed by atoms with Gasteiger partial charge < -0.3 is 0 Å². The van der Waals surface area contributed by atoms with Crippen molar-refractivity contribution in [3.05, 3.63) is 84.7 Å². The van der Waals surface area contributed by atoms with Crippen molar-refractivity contribution in [3.8, 4) is 0 Å². The summed E-state index contributed by atoms with van der Waals surface area (Å²) in [5, 5.41) is 13.5. The second-order valence-corrected chi connectivity index (χ2v) is 5.94. The van der Waals surface area contributed by atoms with Gasteiger partial charge in [0.15, 0.2) is 0 Å². The van der Waals surface area contributed by atoms with Gasteiger partial charge in [0.1, 0.15) is 5.69 Å². The van der Waals surface area contributed by atoms with Gasteiger partial charge in [-0.05, 0) is 29.2 Å². The molecule has 7 heteroatoms. The normalized spacial score (nSPS) is 11.0. The Morgan fingerprint density at radius 2 is 1.64 bits per heavy atom. The van der Waals surface area contributed by atoms with Crippen LogP contribution in [0.1, 0.15) is 11.3 Å². The number of nitrogens with zero attached hydrogens (tertiary/aromatic N) is 3. The topological polar surface area (TPSA) is 87.1 Å². The first kappa shape index (κ1) is 16.6. The van der Waals surface area contributed by atoms with Gasteiger partial charge in [0, 0.05) is 14.1 Å². The quantitative estimate of drug-likeness (QED) is 0.537. The molecular weight excluding hydrogens is 322 g/mol. The minimum absolute atomic E-state index is 0.145. The number of aromatic nitrogens is 2. The van der Waals surface area contributed by atoms with Crippen LogP contribution in [0.15, 0.2) is 52.1 Å². The van der Waals surface area contributed by atoms with Gasteiger partial charge in [-0.15, -0.1) is 0 Å². The van der Waals surface area contributed by atoms with E-state index in [-0.39, 0.29) is 12.1 Å². The summed E-state index contributed by atoms with van der Waals surface area (Å²) in [6, 6.07) is 13.9. The minimum atomic E-state index is -0.874. The molecule has 0 saturated carbocycles. The maximum Gasteiger partial charge on any atom is 0.353 e. The van der Waals surface area contributed by atoms with Gasteiger partial charge in [-0.2, -0.15) is 0 Å². The van der Waals surface area contributed by atoms with E-state index in [9.17, 15) is 19.7 Å². The van der Waals surface area contributed by atoms with Crippen LogP contribution in [-0.2, 0) is 26.9 Å². The Morgan fingerprint density at radius 3 is 2.32 bits per heavy atom. The van der Waals surface area contributed by atoms with Crippen LogP contribution in [0.4, 0.5) is 5.69 Å². The fourth-order valence-corrected chi connectivity index (χ4v) is 3.00. The zero-order valence-electron chi connectivity index (χ0n) is 13.9. The first-order valence-corrected chi connectivity index (χ1v) is 7.81. The average molecular weight is 339 g/mol. The molecule has 25 heavy (non-hydrogen) atoms. The van der Waals surface area contributed by atoms with Crippen molar-refractivity contribution < 1.29 is 4.92 Å². The Hall–Kier alpha value is -3.22. The number of aryl methyl sites for hydroxylation is 1. The summed E-state index contributed by atoms with van der Waals surface area (Å²) in [7, 11) is 2.69. The van der Waals surface area contributed by atoms with E-state index in [4.69, 9.17) is 0 Å². The van der Waals surface area contributed by atoms with Crippen LogP contribution in [-0.4, -0.2) is 14.1 Å². The summed E-state index contributed by atoms with van der Waals surface area (Å²) >= 11 is 0. The lowest BCUT2D eigenvalue weighted by Gasteiger charge is -2.10. The molecule has 0 amide bonds. The van der Waals surface area contributed by atoms with Crippen LogP contribution in [0.3, 0.4) is 0 Å². The molecule has 0 spiro atoms. The molecule has 1 heterocycles. The van der Waals surface area contributed by atoms with Gasteiger partial charge in [0.2, 0.25) is 0 Å². The van der Waals surface area contributed by atoms with Crippen molar-refractivity contribution >= 4 is 16.5 Å². The summed E-state index contributed by atoms with van der Waals surface area (Å²) in [6.45, 7) is 0. The zero-order valence-corrected chi connectivity index (χ0v) is 13.9. The summed E-state index contributed by atoms with van der Waals surface area (Å²) in [4.78, 5) is 34.8. The van der Waals surface area contributed by atoms with Crippen molar-refractivity contribution in [2.45, 2.75) is 12.8 Å². The van der Waals surface area contributed by atoms with E-state index < -0.39 is 21.9 Å². The number of nitro groups is 1. The first-order chi connectivity index (χ1) is 11.9. The van der Waals surface area contributed by atoms with Crippen LogP contribution in [0.25, 0.3) is 10.8 Å². The third kappa shape index (κ3) is 2.96. The highest BCUT2D eigenvalue weighted by Crippen LogP contribution is 2.18. The Balaban J connectivity index is 2.01. The van der Waals surface area contributed by atoms with Crippen LogP contribution < -0.4 is 11.2 Å². The lowest BCUT2D eigenvalue weighted by atomic mass is 10.0. The van der Waals surface area contributed by atoms with Crippen LogP contribution >= 0.6 is 0 Å². The second-order valence-electron chi connectivity index (χ2n) is 5.94. The molecule has 0 saturated heterocycles. The SMILES string of the molecule is Cn1c(CCc2ccc3ccccc3c2)c([N+](=O)[O-])c(=O)n(C)c1=O. The molecule has 0 atom stereocenters. The largest absolute Gasteiger partial charge is 0.353 e. The van der Waals surface area contributed by atoms with Crippen molar-refractivity contribution in [1.82, 2.24) is 9.13 Å². The Bertz CT molecular complexity index is 1100. The fraction of sp³-hybridized carbons (Fsp3) is 0.222. The maximum absolute atomic E-state index is 12.1. The molecule has 128 valence electrons. The standard InChI is InChI=1S/C18H17N3O4/c1-19-15(16(21(24)25)17(22)20(2)18(19)23)10-8-12-7-9-13-5-3-4-6-14(13)11-12/h3-7,9,11H,8,10H2,1-2H3. The number of benzene rings is 2. The lowest BCUT2D eigenvalue weighted by molar-refractivity contribution is -0.387. The van der Waals surface area contributed by atoms with E-state index in [1.54, 1.807) is 0 Å². The summed E-state index contributed by atoms with van der Waals surface area (Å²) in [5.74, 6) is 0. The molecular formula is C18H17N3O4. The predicted octanol–water partition coefficient (Wildman–Crippen LogP) is 1.93. The van der Waals surface area contributed by atoms with E-state index in [1.807, 2.05) is 42.5 Å². The highest BCUT2D eigenvalue weighted by atomic mass is 16.6. The average Bonchev–Trinajstić information content (AvgIpc) is 2.61. The van der Waals surface area contributed by atoms with E-state index in [0.717, 1.165) is 20.9 Å². The molecule has 0 aliphatic heterocycles. The van der Waals surface area contributed by atoms with Gasteiger partial charge >= 0.3 is 16.9 Å². The molecule has 1 aromatic heterocycles. The molecule has 0 aliphatic carbocycles. The molecule has 2 aromatic carbocycles. The van der Waals surface area contributed by atoms with Crippen LogP contribution in [0, 0.1) is 10.1 Å². The molecule has 0 N–H and O–H groups in total. The van der Waals surface area contributed by atoms with Gasteiger partial charge in [0.25, 0.3) is 0 Å². The minimum Gasteiger partial charge on any atom is -0.294 e. The Kier molecular flexibility index (Phi) is 4.22. The smallest absolute Gasteiger partial charge is 0.294 e. The van der Waals surface area contributed by atoms with Gasteiger partial charge in [0.05, 0.1) is 4.92 Å². The predicted molar refractivity (Wildman–Crippen MR) is 94.9 cm³/mol. The monoisotopic (exact) mass is 339 g/mol. The molecule has 0 radical (unpaired) electrons. The van der Waals surface area contributed by atoms with Crippen molar-refractivity contribution in [3.63, 3.8) is 0 Å². The molecule has 0 aliphatic rings. The molecule has 0 bridgehead atoms. The van der Waals surface area contributed by atoms with Crippen LogP contribution in [0.2, 0.25) is 0 Å². The summed E-state index contributed by atoms with van der Waals surface area (Å²) < 4.78 is 1.94. The third-order valence-corrected chi connectivity index (χ3v) is 4.41. The third-order valence-electron chi connectivity index (χ3n) is 4.41.